The highest BCUT2D eigenvalue weighted by Gasteiger charge is 2.46. The quantitative estimate of drug-likeness (QED) is 0.185. The Bertz CT molecular complexity index is 1250. The van der Waals surface area contributed by atoms with Crippen molar-refractivity contribution < 1.29 is 27.2 Å². The minimum absolute atomic E-state index is 0.0124. The molecule has 0 radical (unpaired) electrons. The molecule has 3 heterocycles. The standard InChI is InChI=1S/C27H33F4N7O2/c1-16(2)19-8-9-20(34-25(19)29)24(17-6-4-3-5-7-17)35-26(40)21-10-18(28)12-37(21)23(39)13-38(33)22(11-32)36-14-27(30,31)15-36/h3-9,11,16,18,21,24H,10,12-15,32-33H2,1-2H3,(H,35,40)/b22-11-/t18-,21+,24+/m1/s1. The van der Waals surface area contributed by atoms with Crippen molar-refractivity contribution in [1.82, 2.24) is 25.1 Å². The van der Waals surface area contributed by atoms with Gasteiger partial charge in [-0.1, -0.05) is 50.2 Å². The monoisotopic (exact) mass is 563 g/mol. The van der Waals surface area contributed by atoms with E-state index in [1.807, 2.05) is 13.8 Å². The Balaban J connectivity index is 1.51. The van der Waals surface area contributed by atoms with Gasteiger partial charge in [-0.2, -0.15) is 4.39 Å². The molecule has 2 aromatic rings. The molecule has 4 rings (SSSR count). The van der Waals surface area contributed by atoms with Crippen molar-refractivity contribution >= 4 is 11.8 Å². The third-order valence-corrected chi connectivity index (χ3v) is 7.03. The number of rotatable bonds is 9. The fourth-order valence-corrected chi connectivity index (χ4v) is 4.95. The van der Waals surface area contributed by atoms with E-state index in [0.29, 0.717) is 11.1 Å². The number of nitrogens with one attached hydrogen (secondary N) is 1. The Kier molecular flexibility index (Phi) is 8.52. The highest BCUT2D eigenvalue weighted by Crippen LogP contribution is 2.31. The van der Waals surface area contributed by atoms with Crippen LogP contribution in [0, 0.1) is 5.95 Å². The van der Waals surface area contributed by atoms with Crippen LogP contribution < -0.4 is 16.9 Å². The minimum Gasteiger partial charge on any atom is -0.402 e. The summed E-state index contributed by atoms with van der Waals surface area (Å²) in [5.74, 6) is 0.977. The average Bonchev–Trinajstić information content (AvgIpc) is 3.28. The van der Waals surface area contributed by atoms with Gasteiger partial charge in [0.05, 0.1) is 31.4 Å². The van der Waals surface area contributed by atoms with Crippen molar-refractivity contribution in [2.45, 2.75) is 50.4 Å². The summed E-state index contributed by atoms with van der Waals surface area (Å²) in [5.41, 5.74) is 6.83. The Morgan fingerprint density at radius 1 is 1.20 bits per heavy atom. The van der Waals surface area contributed by atoms with Gasteiger partial charge in [0.2, 0.25) is 17.8 Å². The maximum atomic E-state index is 14.8. The lowest BCUT2D eigenvalue weighted by Gasteiger charge is -2.43. The first-order valence-corrected chi connectivity index (χ1v) is 12.9. The van der Waals surface area contributed by atoms with Gasteiger partial charge in [-0.25, -0.2) is 24.0 Å². The van der Waals surface area contributed by atoms with Crippen molar-refractivity contribution in [2.24, 2.45) is 11.6 Å². The summed E-state index contributed by atoms with van der Waals surface area (Å²) in [4.78, 5) is 33.0. The summed E-state index contributed by atoms with van der Waals surface area (Å²) < 4.78 is 55.9. The van der Waals surface area contributed by atoms with Crippen LogP contribution in [0.3, 0.4) is 0 Å². The van der Waals surface area contributed by atoms with Crippen molar-refractivity contribution in [2.75, 3.05) is 26.2 Å². The number of aromatic nitrogens is 1. The van der Waals surface area contributed by atoms with Crippen molar-refractivity contribution in [3.8, 4) is 0 Å². The fourth-order valence-electron chi connectivity index (χ4n) is 4.95. The van der Waals surface area contributed by atoms with Crippen molar-refractivity contribution in [3.63, 3.8) is 0 Å². The zero-order valence-corrected chi connectivity index (χ0v) is 22.2. The molecule has 0 aliphatic carbocycles. The third kappa shape index (κ3) is 6.30. The Labute approximate surface area is 229 Å². The summed E-state index contributed by atoms with van der Waals surface area (Å²) in [5, 5.41) is 3.71. The molecule has 2 saturated heterocycles. The molecule has 0 bridgehead atoms. The lowest BCUT2D eigenvalue weighted by molar-refractivity contribution is -0.141. The number of nitrogens with two attached hydrogens (primary N) is 2. The van der Waals surface area contributed by atoms with E-state index in [1.54, 1.807) is 42.5 Å². The van der Waals surface area contributed by atoms with E-state index in [2.05, 4.69) is 10.3 Å². The van der Waals surface area contributed by atoms with Gasteiger partial charge < -0.3 is 20.9 Å². The molecule has 3 atom stereocenters. The van der Waals surface area contributed by atoms with Crippen LogP contribution in [-0.4, -0.2) is 75.9 Å². The number of carbonyl (C=O) groups excluding carboxylic acids is 2. The van der Waals surface area contributed by atoms with Gasteiger partial charge in [-0.05, 0) is 17.5 Å². The van der Waals surface area contributed by atoms with Crippen LogP contribution in [0.4, 0.5) is 17.6 Å². The molecule has 1 aromatic carbocycles. The molecule has 2 aliphatic heterocycles. The predicted octanol–water partition coefficient (Wildman–Crippen LogP) is 2.37. The fraction of sp³-hybridized carbons (Fsp3) is 0.444. The Morgan fingerprint density at radius 3 is 2.45 bits per heavy atom. The van der Waals surface area contributed by atoms with Crippen LogP contribution in [0.15, 0.2) is 54.5 Å². The zero-order valence-electron chi connectivity index (χ0n) is 22.2. The third-order valence-electron chi connectivity index (χ3n) is 7.03. The molecular formula is C27H33F4N7O2. The number of hydrogen-bond donors (Lipinski definition) is 3. The normalized spacial score (nSPS) is 21.2. The van der Waals surface area contributed by atoms with Gasteiger partial charge in [0.25, 0.3) is 5.92 Å². The van der Waals surface area contributed by atoms with Crippen molar-refractivity contribution in [3.05, 3.63) is 77.3 Å². The molecule has 0 spiro atoms. The van der Waals surface area contributed by atoms with E-state index in [4.69, 9.17) is 11.6 Å². The van der Waals surface area contributed by atoms with Gasteiger partial charge in [-0.3, -0.25) is 14.6 Å². The number of pyridine rings is 1. The number of benzene rings is 1. The van der Waals surface area contributed by atoms with E-state index in [1.165, 1.54) is 4.90 Å². The predicted molar refractivity (Wildman–Crippen MR) is 139 cm³/mol. The van der Waals surface area contributed by atoms with Crippen molar-refractivity contribution in [1.29, 1.82) is 0 Å². The number of carbonyl (C=O) groups is 2. The van der Waals surface area contributed by atoms with E-state index < -0.39 is 61.6 Å². The summed E-state index contributed by atoms with van der Waals surface area (Å²) >= 11 is 0. The van der Waals surface area contributed by atoms with E-state index in [0.717, 1.165) is 16.1 Å². The lowest BCUT2D eigenvalue weighted by atomic mass is 9.99. The second-order valence-electron chi connectivity index (χ2n) is 10.4. The summed E-state index contributed by atoms with van der Waals surface area (Å²) in [6, 6.07) is 9.95. The number of likely N-dealkylation sites (tertiary alicyclic amines) is 2. The number of hydrazine groups is 1. The topological polar surface area (TPSA) is 121 Å². The highest BCUT2D eigenvalue weighted by atomic mass is 19.3. The van der Waals surface area contributed by atoms with Gasteiger partial charge in [0, 0.05) is 18.2 Å². The van der Waals surface area contributed by atoms with Crippen LogP contribution in [0.2, 0.25) is 0 Å². The molecule has 5 N–H and O–H groups in total. The van der Waals surface area contributed by atoms with E-state index in [9.17, 15) is 27.2 Å². The molecule has 2 aliphatic rings. The zero-order chi connectivity index (χ0) is 29.2. The molecule has 1 aromatic heterocycles. The average molecular weight is 564 g/mol. The maximum Gasteiger partial charge on any atom is 0.282 e. The first-order chi connectivity index (χ1) is 18.9. The smallest absolute Gasteiger partial charge is 0.282 e. The molecule has 2 amide bonds. The molecule has 0 unspecified atom stereocenters. The number of alkyl halides is 3. The number of hydrogen-bond acceptors (Lipinski definition) is 7. The first-order valence-electron chi connectivity index (χ1n) is 12.9. The maximum absolute atomic E-state index is 14.8. The summed E-state index contributed by atoms with van der Waals surface area (Å²) in [6.45, 7) is 1.60. The number of nitrogens with zero attached hydrogens (tertiary/aromatic N) is 4. The number of amides is 2. The Morgan fingerprint density at radius 2 is 1.88 bits per heavy atom. The van der Waals surface area contributed by atoms with Crippen LogP contribution in [0.25, 0.3) is 0 Å². The van der Waals surface area contributed by atoms with Crippen LogP contribution in [-0.2, 0) is 9.59 Å². The van der Waals surface area contributed by atoms with Crippen LogP contribution in [0.5, 0.6) is 0 Å². The summed E-state index contributed by atoms with van der Waals surface area (Å²) in [6.07, 6.45) is -0.716. The number of halogens is 4. The molecule has 9 nitrogen and oxygen atoms in total. The largest absolute Gasteiger partial charge is 0.402 e. The molecular weight excluding hydrogens is 530 g/mol. The van der Waals surface area contributed by atoms with E-state index in [-0.39, 0.29) is 30.4 Å². The van der Waals surface area contributed by atoms with Gasteiger partial charge in [0.15, 0.2) is 0 Å². The highest BCUT2D eigenvalue weighted by molar-refractivity contribution is 5.89. The second-order valence-corrected chi connectivity index (χ2v) is 10.4. The van der Waals surface area contributed by atoms with Crippen LogP contribution >= 0.6 is 0 Å². The summed E-state index contributed by atoms with van der Waals surface area (Å²) in [7, 11) is 0. The lowest BCUT2D eigenvalue weighted by Crippen LogP contribution is -2.60. The molecule has 2 fully saturated rings. The molecule has 0 saturated carbocycles. The van der Waals surface area contributed by atoms with Gasteiger partial charge in [-0.15, -0.1) is 0 Å². The second kappa shape index (κ2) is 11.7. The molecule has 13 heteroatoms. The first kappa shape index (κ1) is 29.1. The SMILES string of the molecule is CC(C)c1ccc([C@@H](NC(=O)[C@@H]2C[C@@H](F)CN2C(=O)CN(N)/C(=C\N)N2CC(F)(F)C2)c2ccccc2)nc1F. The van der Waals surface area contributed by atoms with E-state index >= 15 is 0 Å². The van der Waals surface area contributed by atoms with Crippen LogP contribution in [0.1, 0.15) is 49.0 Å². The molecule has 216 valence electrons. The van der Waals surface area contributed by atoms with Gasteiger partial charge >= 0.3 is 0 Å². The Hall–Kier alpha value is -3.87. The van der Waals surface area contributed by atoms with Gasteiger partial charge in [0.1, 0.15) is 24.6 Å². The minimum atomic E-state index is -2.89. The molecule has 40 heavy (non-hydrogen) atoms.